The van der Waals surface area contributed by atoms with Crippen LogP contribution in [0, 0.1) is 11.6 Å². The molecule has 9 heteroatoms. The number of aromatic amines is 1. The monoisotopic (exact) mass is 403 g/mol. The average molecular weight is 404 g/mol. The molecular weight excluding hydrogens is 392 g/mol. The molecule has 0 amide bonds. The van der Waals surface area contributed by atoms with Crippen molar-refractivity contribution in [3.63, 3.8) is 0 Å². The van der Waals surface area contributed by atoms with E-state index in [9.17, 15) is 8.78 Å². The van der Waals surface area contributed by atoms with E-state index in [-0.39, 0.29) is 16.4 Å². The molecule has 0 saturated heterocycles. The highest BCUT2D eigenvalue weighted by Crippen LogP contribution is 2.35. The second kappa shape index (κ2) is 6.24. The Morgan fingerprint density at radius 1 is 1.19 bits per heavy atom. The summed E-state index contributed by atoms with van der Waals surface area (Å²) >= 11 is 7.20. The SMILES string of the molecule is Fc1cc(-c2nc(N3CCc4[nH]ncc4C3)c3sccc3n2)c(F)cc1Cl. The van der Waals surface area contributed by atoms with Gasteiger partial charge in [-0.2, -0.15) is 5.10 Å². The third-order valence-electron chi connectivity index (χ3n) is 4.64. The van der Waals surface area contributed by atoms with Gasteiger partial charge in [0.1, 0.15) is 11.6 Å². The van der Waals surface area contributed by atoms with E-state index in [4.69, 9.17) is 11.6 Å². The Labute approximate surface area is 161 Å². The first-order valence-corrected chi connectivity index (χ1v) is 9.52. The maximum atomic E-state index is 14.4. The van der Waals surface area contributed by atoms with Gasteiger partial charge >= 0.3 is 0 Å². The molecule has 0 fully saturated rings. The summed E-state index contributed by atoms with van der Waals surface area (Å²) in [5.74, 6) is -0.504. The van der Waals surface area contributed by atoms with E-state index in [0.717, 1.165) is 41.1 Å². The van der Waals surface area contributed by atoms with E-state index in [2.05, 4.69) is 25.1 Å². The Bertz CT molecular complexity index is 1170. The number of anilines is 1. The second-order valence-corrected chi connectivity index (χ2v) is 7.62. The standard InChI is InChI=1S/C18H12ClF2N5S/c19-11-6-12(20)10(5-13(11)21)17-23-15-2-4-27-16(15)18(24-17)26-3-1-14-9(8-26)7-22-25-14/h2,4-7H,1,3,8H2,(H,22,25). The lowest BCUT2D eigenvalue weighted by atomic mass is 10.1. The Hall–Kier alpha value is -2.58. The molecule has 0 saturated carbocycles. The van der Waals surface area contributed by atoms with Crippen LogP contribution < -0.4 is 4.90 Å². The molecule has 1 N–H and O–H groups in total. The first-order chi connectivity index (χ1) is 13.1. The molecule has 5 rings (SSSR count). The van der Waals surface area contributed by atoms with Crippen molar-refractivity contribution in [2.24, 2.45) is 0 Å². The van der Waals surface area contributed by atoms with E-state index in [0.29, 0.717) is 17.9 Å². The van der Waals surface area contributed by atoms with Gasteiger partial charge in [0.05, 0.1) is 27.0 Å². The Balaban J connectivity index is 1.66. The number of benzene rings is 1. The van der Waals surface area contributed by atoms with Crippen LogP contribution in [-0.2, 0) is 13.0 Å². The third kappa shape index (κ3) is 2.76. The van der Waals surface area contributed by atoms with Gasteiger partial charge in [0.25, 0.3) is 0 Å². The summed E-state index contributed by atoms with van der Waals surface area (Å²) in [5, 5.41) is 8.75. The van der Waals surface area contributed by atoms with Gasteiger partial charge in [-0.15, -0.1) is 11.3 Å². The molecule has 0 spiro atoms. The molecule has 1 aromatic carbocycles. The molecule has 1 aliphatic heterocycles. The van der Waals surface area contributed by atoms with E-state index < -0.39 is 11.6 Å². The Morgan fingerprint density at radius 3 is 2.96 bits per heavy atom. The molecule has 136 valence electrons. The molecule has 0 atom stereocenters. The van der Waals surface area contributed by atoms with E-state index in [1.807, 2.05) is 17.6 Å². The van der Waals surface area contributed by atoms with Gasteiger partial charge in [-0.3, -0.25) is 5.10 Å². The fourth-order valence-electron chi connectivity index (χ4n) is 3.28. The molecule has 3 aromatic heterocycles. The van der Waals surface area contributed by atoms with Gasteiger partial charge in [-0.25, -0.2) is 18.7 Å². The van der Waals surface area contributed by atoms with Crippen LogP contribution in [0.25, 0.3) is 21.6 Å². The maximum absolute atomic E-state index is 14.4. The van der Waals surface area contributed by atoms with Crippen LogP contribution in [-0.4, -0.2) is 26.7 Å². The number of thiophene rings is 1. The normalized spacial score (nSPS) is 14.0. The van der Waals surface area contributed by atoms with Crippen molar-refractivity contribution in [2.75, 3.05) is 11.4 Å². The lowest BCUT2D eigenvalue weighted by Crippen LogP contribution is -2.30. The molecule has 0 radical (unpaired) electrons. The highest BCUT2D eigenvalue weighted by Gasteiger charge is 2.23. The van der Waals surface area contributed by atoms with Crippen molar-refractivity contribution in [2.45, 2.75) is 13.0 Å². The molecule has 27 heavy (non-hydrogen) atoms. The smallest absolute Gasteiger partial charge is 0.165 e. The van der Waals surface area contributed by atoms with Crippen molar-refractivity contribution < 1.29 is 8.78 Å². The maximum Gasteiger partial charge on any atom is 0.165 e. The number of hydrogen-bond acceptors (Lipinski definition) is 5. The van der Waals surface area contributed by atoms with Crippen molar-refractivity contribution in [1.82, 2.24) is 20.2 Å². The predicted molar refractivity (Wildman–Crippen MR) is 101 cm³/mol. The van der Waals surface area contributed by atoms with Crippen LogP contribution in [0.4, 0.5) is 14.6 Å². The molecule has 1 aliphatic rings. The van der Waals surface area contributed by atoms with Crippen LogP contribution >= 0.6 is 22.9 Å². The van der Waals surface area contributed by atoms with Crippen molar-refractivity contribution in [3.05, 3.63) is 57.7 Å². The van der Waals surface area contributed by atoms with Gasteiger partial charge in [0.15, 0.2) is 11.6 Å². The number of halogens is 3. The summed E-state index contributed by atoms with van der Waals surface area (Å²) in [4.78, 5) is 11.1. The predicted octanol–water partition coefficient (Wildman–Crippen LogP) is 4.58. The summed E-state index contributed by atoms with van der Waals surface area (Å²) in [6.45, 7) is 1.39. The summed E-state index contributed by atoms with van der Waals surface area (Å²) in [6.07, 6.45) is 2.62. The van der Waals surface area contributed by atoms with Gasteiger partial charge in [-0.1, -0.05) is 11.6 Å². The summed E-state index contributed by atoms with van der Waals surface area (Å²) in [7, 11) is 0. The number of nitrogens with one attached hydrogen (secondary N) is 1. The highest BCUT2D eigenvalue weighted by atomic mass is 35.5. The minimum absolute atomic E-state index is 0.00717. The number of H-pyrrole nitrogens is 1. The highest BCUT2D eigenvalue weighted by molar-refractivity contribution is 7.17. The number of aromatic nitrogens is 4. The zero-order valence-corrected chi connectivity index (χ0v) is 15.4. The fraction of sp³-hybridized carbons (Fsp3) is 0.167. The lowest BCUT2D eigenvalue weighted by molar-refractivity contribution is 0.602. The Kier molecular flexibility index (Phi) is 3.84. The summed E-state index contributed by atoms with van der Waals surface area (Å²) in [6, 6.07) is 3.84. The van der Waals surface area contributed by atoms with Crippen LogP contribution in [0.15, 0.2) is 29.8 Å². The number of hydrogen-bond donors (Lipinski definition) is 1. The van der Waals surface area contributed by atoms with Crippen LogP contribution in [0.3, 0.4) is 0 Å². The topological polar surface area (TPSA) is 57.7 Å². The average Bonchev–Trinajstić information content (AvgIpc) is 3.32. The van der Waals surface area contributed by atoms with E-state index in [1.165, 1.54) is 11.3 Å². The van der Waals surface area contributed by atoms with Gasteiger partial charge in [-0.05, 0) is 23.6 Å². The summed E-state index contributed by atoms with van der Waals surface area (Å²) < 4.78 is 29.2. The van der Waals surface area contributed by atoms with Gasteiger partial charge < -0.3 is 4.90 Å². The quantitative estimate of drug-likeness (QED) is 0.498. The lowest BCUT2D eigenvalue weighted by Gasteiger charge is -2.28. The minimum atomic E-state index is -0.704. The molecule has 0 bridgehead atoms. The van der Waals surface area contributed by atoms with Crippen molar-refractivity contribution >= 4 is 39.0 Å². The zero-order valence-electron chi connectivity index (χ0n) is 13.8. The molecule has 0 unspecified atom stereocenters. The van der Waals surface area contributed by atoms with E-state index in [1.54, 1.807) is 0 Å². The molecule has 5 nitrogen and oxygen atoms in total. The second-order valence-electron chi connectivity index (χ2n) is 6.30. The largest absolute Gasteiger partial charge is 0.350 e. The molecule has 4 heterocycles. The first-order valence-electron chi connectivity index (χ1n) is 8.26. The third-order valence-corrected chi connectivity index (χ3v) is 5.83. The fourth-order valence-corrected chi connectivity index (χ4v) is 4.28. The first kappa shape index (κ1) is 16.6. The van der Waals surface area contributed by atoms with Gasteiger partial charge in [0, 0.05) is 30.8 Å². The number of nitrogens with zero attached hydrogens (tertiary/aromatic N) is 4. The molecular formula is C18H12ClF2N5S. The van der Waals surface area contributed by atoms with Crippen LogP contribution in [0.5, 0.6) is 0 Å². The van der Waals surface area contributed by atoms with Gasteiger partial charge in [0.2, 0.25) is 0 Å². The zero-order chi connectivity index (χ0) is 18.5. The Morgan fingerprint density at radius 2 is 2.07 bits per heavy atom. The molecule has 0 aliphatic carbocycles. The van der Waals surface area contributed by atoms with E-state index >= 15 is 0 Å². The van der Waals surface area contributed by atoms with Crippen LogP contribution in [0.1, 0.15) is 11.3 Å². The minimum Gasteiger partial charge on any atom is -0.350 e. The number of fused-ring (bicyclic) bond motifs is 2. The molecule has 4 aromatic rings. The van der Waals surface area contributed by atoms with Crippen LogP contribution in [0.2, 0.25) is 5.02 Å². The number of rotatable bonds is 2. The summed E-state index contributed by atoms with van der Waals surface area (Å²) in [5.41, 5.74) is 2.92. The van der Waals surface area contributed by atoms with Crippen molar-refractivity contribution in [1.29, 1.82) is 0 Å². The van der Waals surface area contributed by atoms with Crippen molar-refractivity contribution in [3.8, 4) is 11.4 Å².